The van der Waals surface area contributed by atoms with Gasteiger partial charge in [0.05, 0.1) is 38.8 Å². The van der Waals surface area contributed by atoms with Crippen molar-refractivity contribution in [3.8, 4) is 28.5 Å². The van der Waals surface area contributed by atoms with Crippen molar-refractivity contribution in [2.45, 2.75) is 12.6 Å². The number of aromatic amines is 1. The lowest BCUT2D eigenvalue weighted by molar-refractivity contribution is 0.0716. The van der Waals surface area contributed by atoms with E-state index in [1.54, 1.807) is 29.4 Å². The fraction of sp³-hybridized carbons (Fsp3) is 0.167. The van der Waals surface area contributed by atoms with Gasteiger partial charge in [0.15, 0.2) is 11.5 Å². The Morgan fingerprint density at radius 2 is 1.81 bits per heavy atom. The first-order chi connectivity index (χ1) is 15.6. The zero-order chi connectivity index (χ0) is 22.2. The lowest BCUT2D eigenvalue weighted by atomic mass is 9.95. The Kier molecular flexibility index (Phi) is 4.82. The number of aromatic nitrogens is 2. The maximum atomic E-state index is 13.4. The second-order valence-electron chi connectivity index (χ2n) is 7.42. The molecule has 5 rings (SSSR count). The zero-order valence-electron chi connectivity index (χ0n) is 17.5. The first-order valence-corrected chi connectivity index (χ1v) is 10.0. The molecule has 2 aromatic carbocycles. The molecule has 0 bridgehead atoms. The van der Waals surface area contributed by atoms with Gasteiger partial charge in [0.25, 0.3) is 5.91 Å². The smallest absolute Gasteiger partial charge is 0.273 e. The van der Waals surface area contributed by atoms with Crippen LogP contribution in [0.15, 0.2) is 65.3 Å². The van der Waals surface area contributed by atoms with Crippen molar-refractivity contribution in [2.75, 3.05) is 14.2 Å². The highest BCUT2D eigenvalue weighted by Gasteiger charge is 2.43. The van der Waals surface area contributed by atoms with Crippen molar-refractivity contribution in [2.24, 2.45) is 0 Å². The molecule has 8 heteroatoms. The predicted molar refractivity (Wildman–Crippen MR) is 116 cm³/mol. The molecule has 2 N–H and O–H groups in total. The second-order valence-corrected chi connectivity index (χ2v) is 7.42. The Hall–Kier alpha value is -4.20. The fourth-order valence-corrected chi connectivity index (χ4v) is 4.16. The van der Waals surface area contributed by atoms with Gasteiger partial charge in [0.2, 0.25) is 5.75 Å². The third kappa shape index (κ3) is 3.08. The molecule has 162 valence electrons. The van der Waals surface area contributed by atoms with Gasteiger partial charge >= 0.3 is 0 Å². The van der Waals surface area contributed by atoms with Gasteiger partial charge in [0.1, 0.15) is 11.5 Å². The Morgan fingerprint density at radius 3 is 2.44 bits per heavy atom. The molecule has 0 spiro atoms. The number of H-pyrrole nitrogens is 1. The molecule has 1 aliphatic heterocycles. The summed E-state index contributed by atoms with van der Waals surface area (Å²) in [5.41, 5.74) is 3.47. The van der Waals surface area contributed by atoms with Crippen LogP contribution in [0, 0.1) is 0 Å². The number of carbonyl (C=O) groups excluding carboxylic acids is 1. The molecular weight excluding hydrogens is 410 g/mol. The number of carbonyl (C=O) groups is 1. The maximum absolute atomic E-state index is 13.4. The Balaban J connectivity index is 1.71. The van der Waals surface area contributed by atoms with Crippen molar-refractivity contribution < 1.29 is 23.8 Å². The van der Waals surface area contributed by atoms with E-state index >= 15 is 0 Å². The lowest BCUT2D eigenvalue weighted by Crippen LogP contribution is -2.29. The summed E-state index contributed by atoms with van der Waals surface area (Å²) in [6, 6.07) is 16.2. The van der Waals surface area contributed by atoms with E-state index in [-0.39, 0.29) is 29.7 Å². The summed E-state index contributed by atoms with van der Waals surface area (Å²) < 4.78 is 16.2. The van der Waals surface area contributed by atoms with Crippen molar-refractivity contribution in [3.63, 3.8) is 0 Å². The van der Waals surface area contributed by atoms with Gasteiger partial charge in [-0.3, -0.25) is 9.89 Å². The van der Waals surface area contributed by atoms with Crippen molar-refractivity contribution >= 4 is 5.91 Å². The molecule has 1 unspecified atom stereocenters. The van der Waals surface area contributed by atoms with Crippen LogP contribution in [-0.4, -0.2) is 40.3 Å². The van der Waals surface area contributed by atoms with E-state index in [1.807, 2.05) is 36.4 Å². The quantitative estimate of drug-likeness (QED) is 0.476. The number of nitrogens with one attached hydrogen (secondary N) is 1. The monoisotopic (exact) mass is 431 g/mol. The van der Waals surface area contributed by atoms with Gasteiger partial charge in [-0.05, 0) is 29.8 Å². The van der Waals surface area contributed by atoms with Crippen molar-refractivity contribution in [1.29, 1.82) is 0 Å². The van der Waals surface area contributed by atoms with Crippen LogP contribution >= 0.6 is 0 Å². The molecule has 0 saturated heterocycles. The van der Waals surface area contributed by atoms with Crippen molar-refractivity contribution in [1.82, 2.24) is 15.1 Å². The van der Waals surface area contributed by atoms with E-state index in [0.29, 0.717) is 22.7 Å². The Labute approximate surface area is 184 Å². The number of methoxy groups -OCH3 is 2. The minimum Gasteiger partial charge on any atom is -0.502 e. The van der Waals surface area contributed by atoms with Gasteiger partial charge in [-0.2, -0.15) is 5.10 Å². The molecule has 1 aliphatic rings. The molecule has 3 heterocycles. The third-order valence-electron chi connectivity index (χ3n) is 5.64. The molecule has 0 fully saturated rings. The molecule has 0 radical (unpaired) electrons. The van der Waals surface area contributed by atoms with Crippen LogP contribution in [0.4, 0.5) is 0 Å². The average molecular weight is 431 g/mol. The normalized spacial score (nSPS) is 15.1. The van der Waals surface area contributed by atoms with Crippen LogP contribution in [-0.2, 0) is 6.54 Å². The molecule has 1 atom stereocenters. The number of hydrogen-bond donors (Lipinski definition) is 2. The molecule has 1 amide bonds. The van der Waals surface area contributed by atoms with Crippen LogP contribution in [0.25, 0.3) is 11.3 Å². The number of nitrogens with zero attached hydrogens (tertiary/aromatic N) is 2. The molecule has 32 heavy (non-hydrogen) atoms. The van der Waals surface area contributed by atoms with Gasteiger partial charge in [-0.25, -0.2) is 0 Å². The molecule has 0 aliphatic carbocycles. The van der Waals surface area contributed by atoms with E-state index in [2.05, 4.69) is 10.2 Å². The van der Waals surface area contributed by atoms with E-state index in [0.717, 1.165) is 11.1 Å². The second kappa shape index (κ2) is 7.81. The fourth-order valence-electron chi connectivity index (χ4n) is 4.16. The third-order valence-corrected chi connectivity index (χ3v) is 5.64. The molecule has 0 saturated carbocycles. The van der Waals surface area contributed by atoms with Crippen LogP contribution in [0.5, 0.6) is 17.2 Å². The van der Waals surface area contributed by atoms with E-state index in [9.17, 15) is 9.90 Å². The predicted octanol–water partition coefficient (Wildman–Crippen LogP) is 4.14. The Bertz CT molecular complexity index is 1240. The first kappa shape index (κ1) is 19.7. The van der Waals surface area contributed by atoms with Crippen LogP contribution in [0.2, 0.25) is 0 Å². The lowest BCUT2D eigenvalue weighted by Gasteiger charge is -2.26. The topological polar surface area (TPSA) is 101 Å². The van der Waals surface area contributed by atoms with Crippen LogP contribution in [0.3, 0.4) is 0 Å². The SMILES string of the molecule is COc1cc(C2c3c(-c4ccccc4)n[nH]c3C(=O)N2Cc2ccco2)cc(OC)c1O. The number of benzene rings is 2. The zero-order valence-corrected chi connectivity index (χ0v) is 17.5. The molecular formula is C24H21N3O5. The standard InChI is InChI=1S/C24H21N3O5/c1-30-17-11-15(12-18(31-2)23(17)28)22-19-20(14-7-4-3-5-8-14)25-26-21(19)24(29)27(22)13-16-9-6-10-32-16/h3-12,22,28H,13H2,1-2H3,(H,25,26). The molecule has 4 aromatic rings. The summed E-state index contributed by atoms with van der Waals surface area (Å²) >= 11 is 0. The van der Waals surface area contributed by atoms with Crippen LogP contribution in [0.1, 0.15) is 33.4 Å². The van der Waals surface area contributed by atoms with E-state index in [1.165, 1.54) is 14.2 Å². The summed E-state index contributed by atoms with van der Waals surface area (Å²) in [5, 5.41) is 17.8. The van der Waals surface area contributed by atoms with E-state index in [4.69, 9.17) is 13.9 Å². The number of ether oxygens (including phenoxy) is 2. The highest BCUT2D eigenvalue weighted by molar-refractivity contribution is 6.00. The van der Waals surface area contributed by atoms with Crippen LogP contribution < -0.4 is 9.47 Å². The number of amides is 1. The summed E-state index contributed by atoms with van der Waals surface area (Å²) in [5.74, 6) is 0.866. The number of fused-ring (bicyclic) bond motifs is 1. The summed E-state index contributed by atoms with van der Waals surface area (Å²) in [6.45, 7) is 0.263. The minimum atomic E-state index is -0.500. The average Bonchev–Trinajstić information content (AvgIpc) is 3.54. The summed E-state index contributed by atoms with van der Waals surface area (Å²) in [6.07, 6.45) is 1.58. The maximum Gasteiger partial charge on any atom is 0.273 e. The number of aromatic hydroxyl groups is 1. The van der Waals surface area contributed by atoms with Gasteiger partial charge < -0.3 is 23.9 Å². The minimum absolute atomic E-state index is 0.101. The highest BCUT2D eigenvalue weighted by Crippen LogP contribution is 2.47. The number of phenols is 1. The van der Waals surface area contributed by atoms with Gasteiger partial charge in [-0.15, -0.1) is 0 Å². The van der Waals surface area contributed by atoms with Gasteiger partial charge in [-0.1, -0.05) is 30.3 Å². The number of hydrogen-bond acceptors (Lipinski definition) is 6. The Morgan fingerprint density at radius 1 is 1.09 bits per heavy atom. The summed E-state index contributed by atoms with van der Waals surface area (Å²) in [4.78, 5) is 15.1. The number of furan rings is 1. The number of phenolic OH excluding ortho intramolecular Hbond substituents is 1. The van der Waals surface area contributed by atoms with Gasteiger partial charge in [0, 0.05) is 11.1 Å². The summed E-state index contributed by atoms with van der Waals surface area (Å²) in [7, 11) is 2.94. The van der Waals surface area contributed by atoms with Crippen molar-refractivity contribution in [3.05, 3.63) is 83.4 Å². The molecule has 2 aromatic heterocycles. The first-order valence-electron chi connectivity index (χ1n) is 10.0. The highest BCUT2D eigenvalue weighted by atomic mass is 16.5. The molecule has 8 nitrogen and oxygen atoms in total. The van der Waals surface area contributed by atoms with E-state index < -0.39 is 6.04 Å². The number of rotatable bonds is 6. The largest absolute Gasteiger partial charge is 0.502 e.